The lowest BCUT2D eigenvalue weighted by molar-refractivity contribution is 0.112. The minimum Gasteiger partial charge on any atom is -0.369 e. The van der Waals surface area contributed by atoms with Crippen LogP contribution in [0.3, 0.4) is 0 Å². The molecule has 0 atom stereocenters. The van der Waals surface area contributed by atoms with Crippen molar-refractivity contribution in [1.29, 1.82) is 0 Å². The van der Waals surface area contributed by atoms with Gasteiger partial charge in [0.2, 0.25) is 0 Å². The number of halogens is 1. The number of hydrogen-bond donors (Lipinski definition) is 1. The maximum absolute atomic E-state index is 10.8. The molecule has 0 amide bonds. The third-order valence-electron chi connectivity index (χ3n) is 2.37. The standard InChI is InChI=1S/C11H12ClN5O/c12-10-9(7-18)11(15-8-14-10)13-3-1-5-17-6-2-4-16-17/h2,4,6-8H,1,3,5H2,(H,13,14,15). The molecular weight excluding hydrogens is 254 g/mol. The van der Waals surface area contributed by atoms with E-state index in [0.29, 0.717) is 24.2 Å². The first-order chi connectivity index (χ1) is 8.81. The predicted octanol–water partition coefficient (Wildman–Crippen LogP) is 1.64. The molecule has 0 bridgehead atoms. The second-order valence-electron chi connectivity index (χ2n) is 3.59. The Bertz CT molecular complexity index is 514. The molecule has 7 heteroatoms. The lowest BCUT2D eigenvalue weighted by Gasteiger charge is -2.07. The first kappa shape index (κ1) is 12.5. The summed E-state index contributed by atoms with van der Waals surface area (Å²) in [5.74, 6) is 0.463. The van der Waals surface area contributed by atoms with Crippen LogP contribution in [0.2, 0.25) is 5.15 Å². The van der Waals surface area contributed by atoms with Gasteiger partial charge in [-0.25, -0.2) is 9.97 Å². The molecule has 0 aliphatic rings. The van der Waals surface area contributed by atoms with Crippen LogP contribution in [0, 0.1) is 0 Å². The topological polar surface area (TPSA) is 72.7 Å². The third kappa shape index (κ3) is 3.04. The molecule has 2 heterocycles. The highest BCUT2D eigenvalue weighted by atomic mass is 35.5. The van der Waals surface area contributed by atoms with Crippen LogP contribution < -0.4 is 5.32 Å². The monoisotopic (exact) mass is 265 g/mol. The molecule has 2 aromatic heterocycles. The predicted molar refractivity (Wildman–Crippen MR) is 67.8 cm³/mol. The Hall–Kier alpha value is -1.95. The summed E-state index contributed by atoms with van der Waals surface area (Å²) in [6.07, 6.45) is 6.48. The van der Waals surface area contributed by atoms with Crippen LogP contribution in [-0.2, 0) is 6.54 Å². The third-order valence-corrected chi connectivity index (χ3v) is 2.67. The minimum absolute atomic E-state index is 0.162. The molecule has 18 heavy (non-hydrogen) atoms. The Morgan fingerprint density at radius 2 is 2.33 bits per heavy atom. The number of hydrogen-bond acceptors (Lipinski definition) is 5. The van der Waals surface area contributed by atoms with Gasteiger partial charge in [-0.1, -0.05) is 11.6 Å². The largest absolute Gasteiger partial charge is 0.369 e. The van der Waals surface area contributed by atoms with Gasteiger partial charge in [0.25, 0.3) is 0 Å². The molecule has 2 rings (SSSR count). The van der Waals surface area contributed by atoms with E-state index in [2.05, 4.69) is 20.4 Å². The summed E-state index contributed by atoms with van der Waals surface area (Å²) in [6.45, 7) is 1.48. The van der Waals surface area contributed by atoms with E-state index >= 15 is 0 Å². The molecule has 0 saturated carbocycles. The van der Waals surface area contributed by atoms with Crippen LogP contribution in [0.4, 0.5) is 5.82 Å². The van der Waals surface area contributed by atoms with Gasteiger partial charge >= 0.3 is 0 Å². The smallest absolute Gasteiger partial charge is 0.156 e. The van der Waals surface area contributed by atoms with Crippen molar-refractivity contribution in [2.24, 2.45) is 0 Å². The number of carbonyl (C=O) groups excluding carboxylic acids is 1. The van der Waals surface area contributed by atoms with E-state index in [1.165, 1.54) is 6.33 Å². The summed E-state index contributed by atoms with van der Waals surface area (Å²) >= 11 is 5.79. The second-order valence-corrected chi connectivity index (χ2v) is 3.95. The Morgan fingerprint density at radius 3 is 3.06 bits per heavy atom. The number of anilines is 1. The zero-order chi connectivity index (χ0) is 12.8. The maximum atomic E-state index is 10.8. The Kier molecular flexibility index (Phi) is 4.25. The van der Waals surface area contributed by atoms with E-state index in [1.807, 2.05) is 16.9 Å². The van der Waals surface area contributed by atoms with E-state index in [4.69, 9.17) is 11.6 Å². The van der Waals surface area contributed by atoms with Crippen LogP contribution in [0.5, 0.6) is 0 Å². The lowest BCUT2D eigenvalue weighted by Crippen LogP contribution is -2.10. The molecule has 2 aromatic rings. The molecule has 94 valence electrons. The molecule has 0 saturated heterocycles. The number of carbonyl (C=O) groups is 1. The molecular formula is C11H12ClN5O. The van der Waals surface area contributed by atoms with Crippen molar-refractivity contribution in [3.8, 4) is 0 Å². The van der Waals surface area contributed by atoms with E-state index in [-0.39, 0.29) is 5.15 Å². The van der Waals surface area contributed by atoms with Gasteiger partial charge in [0.15, 0.2) is 6.29 Å². The summed E-state index contributed by atoms with van der Waals surface area (Å²) in [6, 6.07) is 1.88. The number of rotatable bonds is 6. The summed E-state index contributed by atoms with van der Waals surface area (Å²) in [7, 11) is 0. The van der Waals surface area contributed by atoms with Crippen LogP contribution in [0.15, 0.2) is 24.8 Å². The number of nitrogens with zero attached hydrogens (tertiary/aromatic N) is 4. The fourth-order valence-corrected chi connectivity index (χ4v) is 1.68. The van der Waals surface area contributed by atoms with Gasteiger partial charge in [-0.3, -0.25) is 9.48 Å². The van der Waals surface area contributed by atoms with E-state index in [1.54, 1.807) is 6.20 Å². The molecule has 0 spiro atoms. The summed E-state index contributed by atoms with van der Waals surface area (Å²) in [5.41, 5.74) is 0.290. The van der Waals surface area contributed by atoms with E-state index in [9.17, 15) is 4.79 Å². The number of aryl methyl sites for hydroxylation is 1. The molecule has 0 aromatic carbocycles. The highest BCUT2D eigenvalue weighted by Crippen LogP contribution is 2.16. The summed E-state index contributed by atoms with van der Waals surface area (Å²) < 4.78 is 1.84. The van der Waals surface area contributed by atoms with Gasteiger partial charge in [0.05, 0.1) is 5.56 Å². The SMILES string of the molecule is O=Cc1c(Cl)ncnc1NCCCn1cccn1. The first-order valence-electron chi connectivity index (χ1n) is 5.48. The van der Waals surface area contributed by atoms with Crippen molar-refractivity contribution >= 4 is 23.7 Å². The molecule has 6 nitrogen and oxygen atoms in total. The van der Waals surface area contributed by atoms with Gasteiger partial charge in [-0.05, 0) is 12.5 Å². The van der Waals surface area contributed by atoms with Gasteiger partial charge in [0.1, 0.15) is 17.3 Å². The van der Waals surface area contributed by atoms with Gasteiger partial charge < -0.3 is 5.32 Å². The Labute approximate surface area is 109 Å². The van der Waals surface area contributed by atoms with E-state index in [0.717, 1.165) is 13.0 Å². The second kappa shape index (κ2) is 6.11. The molecule has 0 radical (unpaired) electrons. The fourth-order valence-electron chi connectivity index (χ4n) is 1.50. The highest BCUT2D eigenvalue weighted by molar-refractivity contribution is 6.32. The average molecular weight is 266 g/mol. The van der Waals surface area contributed by atoms with Crippen LogP contribution in [-0.4, -0.2) is 32.6 Å². The van der Waals surface area contributed by atoms with Gasteiger partial charge in [-0.15, -0.1) is 0 Å². The number of aldehydes is 1. The Morgan fingerprint density at radius 1 is 1.44 bits per heavy atom. The first-order valence-corrected chi connectivity index (χ1v) is 5.86. The normalized spacial score (nSPS) is 10.3. The van der Waals surface area contributed by atoms with Gasteiger partial charge in [-0.2, -0.15) is 5.10 Å². The maximum Gasteiger partial charge on any atom is 0.156 e. The van der Waals surface area contributed by atoms with Crippen LogP contribution >= 0.6 is 11.6 Å². The van der Waals surface area contributed by atoms with Crippen LogP contribution in [0.1, 0.15) is 16.8 Å². The zero-order valence-electron chi connectivity index (χ0n) is 9.58. The molecule has 1 N–H and O–H groups in total. The van der Waals surface area contributed by atoms with Crippen molar-refractivity contribution in [2.45, 2.75) is 13.0 Å². The van der Waals surface area contributed by atoms with Crippen molar-refractivity contribution in [3.05, 3.63) is 35.5 Å². The molecule has 0 fully saturated rings. The fraction of sp³-hybridized carbons (Fsp3) is 0.273. The minimum atomic E-state index is 0.162. The Balaban J connectivity index is 1.86. The summed E-state index contributed by atoms with van der Waals surface area (Å²) in [5, 5.41) is 7.32. The van der Waals surface area contributed by atoms with Crippen LogP contribution in [0.25, 0.3) is 0 Å². The zero-order valence-corrected chi connectivity index (χ0v) is 10.3. The molecule has 0 aliphatic carbocycles. The number of aromatic nitrogens is 4. The molecule has 0 aliphatic heterocycles. The molecule has 0 unspecified atom stereocenters. The average Bonchev–Trinajstić information content (AvgIpc) is 2.88. The van der Waals surface area contributed by atoms with Crippen molar-refractivity contribution in [3.63, 3.8) is 0 Å². The highest BCUT2D eigenvalue weighted by Gasteiger charge is 2.07. The lowest BCUT2D eigenvalue weighted by atomic mass is 10.3. The van der Waals surface area contributed by atoms with Crippen molar-refractivity contribution in [1.82, 2.24) is 19.7 Å². The van der Waals surface area contributed by atoms with E-state index < -0.39 is 0 Å². The van der Waals surface area contributed by atoms with Crippen molar-refractivity contribution < 1.29 is 4.79 Å². The quantitative estimate of drug-likeness (QED) is 0.488. The summed E-state index contributed by atoms with van der Waals surface area (Å²) in [4.78, 5) is 18.6. The number of nitrogens with one attached hydrogen (secondary N) is 1. The van der Waals surface area contributed by atoms with Gasteiger partial charge in [0, 0.05) is 25.5 Å². The van der Waals surface area contributed by atoms with Crippen molar-refractivity contribution in [2.75, 3.05) is 11.9 Å².